The lowest BCUT2D eigenvalue weighted by molar-refractivity contribution is -0.186. The Kier molecular flexibility index (Phi) is 3.44. The molecule has 4 bridgehead atoms. The van der Waals surface area contributed by atoms with Crippen molar-refractivity contribution in [2.24, 2.45) is 29.6 Å². The van der Waals surface area contributed by atoms with Gasteiger partial charge in [0.2, 0.25) is 0 Å². The normalized spacial score (nSPS) is 43.5. The quantitative estimate of drug-likeness (QED) is 0.759. The van der Waals surface area contributed by atoms with E-state index >= 15 is 0 Å². The van der Waals surface area contributed by atoms with Crippen LogP contribution in [0.3, 0.4) is 0 Å². The maximum Gasteiger partial charge on any atom is 0.330 e. The minimum atomic E-state index is -0.888. The second kappa shape index (κ2) is 4.87. The lowest BCUT2D eigenvalue weighted by Crippen LogP contribution is -2.58. The second-order valence-corrected chi connectivity index (χ2v) is 7.66. The van der Waals surface area contributed by atoms with Gasteiger partial charge in [-0.25, -0.2) is 4.79 Å². The van der Waals surface area contributed by atoms with Gasteiger partial charge < -0.3 is 10.2 Å². The average Bonchev–Trinajstić information content (AvgIpc) is 2.33. The summed E-state index contributed by atoms with van der Waals surface area (Å²) in [6, 6.07) is 0. The third kappa shape index (κ3) is 2.30. The monoisotopic (exact) mass is 278 g/mol. The lowest BCUT2D eigenvalue weighted by Gasteiger charge is -2.60. The van der Waals surface area contributed by atoms with E-state index in [0.29, 0.717) is 29.7 Å². The van der Waals surface area contributed by atoms with Crippen molar-refractivity contribution in [3.8, 4) is 0 Å². The first-order chi connectivity index (χ1) is 9.39. The Hall–Kier alpha value is -0.830. The molecule has 4 saturated carbocycles. The van der Waals surface area contributed by atoms with E-state index in [0.717, 1.165) is 31.1 Å². The largest absolute Gasteiger partial charge is 0.478 e. The second-order valence-electron chi connectivity index (χ2n) is 7.66. The zero-order chi connectivity index (χ0) is 14.5. The topological polar surface area (TPSA) is 57.5 Å². The number of aliphatic hydroxyl groups is 1. The van der Waals surface area contributed by atoms with Crippen molar-refractivity contribution in [1.29, 1.82) is 0 Å². The maximum atomic E-state index is 11.1. The van der Waals surface area contributed by atoms with Gasteiger partial charge in [-0.3, -0.25) is 0 Å². The summed E-state index contributed by atoms with van der Waals surface area (Å²) < 4.78 is 0. The molecule has 2 N–H and O–H groups in total. The van der Waals surface area contributed by atoms with Gasteiger partial charge in [0.05, 0.1) is 5.60 Å². The summed E-state index contributed by atoms with van der Waals surface area (Å²) in [5, 5.41) is 20.0. The zero-order valence-corrected chi connectivity index (χ0v) is 12.3. The van der Waals surface area contributed by atoms with Crippen LogP contribution in [-0.2, 0) is 4.79 Å². The number of aliphatic carboxylic acids is 1. The van der Waals surface area contributed by atoms with Gasteiger partial charge in [-0.15, -0.1) is 0 Å². The highest BCUT2D eigenvalue weighted by Crippen LogP contribution is 2.60. The molecule has 0 radical (unpaired) electrons. The molecule has 0 spiro atoms. The lowest BCUT2D eigenvalue weighted by atomic mass is 9.47. The van der Waals surface area contributed by atoms with Gasteiger partial charge in [0.25, 0.3) is 0 Å². The van der Waals surface area contributed by atoms with E-state index < -0.39 is 11.6 Å². The minimum absolute atomic E-state index is 0.299. The predicted molar refractivity (Wildman–Crippen MR) is 77.2 cm³/mol. The molecule has 3 nitrogen and oxygen atoms in total. The molecular weight excluding hydrogens is 252 g/mol. The van der Waals surface area contributed by atoms with Crippen molar-refractivity contribution < 1.29 is 15.0 Å². The molecule has 4 unspecified atom stereocenters. The van der Waals surface area contributed by atoms with E-state index in [9.17, 15) is 9.90 Å². The van der Waals surface area contributed by atoms with Crippen LogP contribution in [0.25, 0.3) is 0 Å². The van der Waals surface area contributed by atoms with Gasteiger partial charge in [-0.1, -0.05) is 13.5 Å². The first-order valence-electron chi connectivity index (χ1n) is 8.02. The van der Waals surface area contributed by atoms with E-state index in [1.165, 1.54) is 19.3 Å². The number of hydrogen-bond acceptors (Lipinski definition) is 2. The first kappa shape index (κ1) is 14.1. The van der Waals surface area contributed by atoms with E-state index in [1.54, 1.807) is 0 Å². The Bertz CT molecular complexity index is 414. The molecule has 0 aromatic heterocycles. The van der Waals surface area contributed by atoms with Crippen LogP contribution in [0.4, 0.5) is 0 Å². The van der Waals surface area contributed by atoms with Crippen LogP contribution in [-0.4, -0.2) is 21.8 Å². The molecule has 0 saturated heterocycles. The number of rotatable bonds is 5. The fraction of sp³-hybridized carbons (Fsp3) is 0.824. The highest BCUT2D eigenvalue weighted by atomic mass is 16.4. The summed E-state index contributed by atoms with van der Waals surface area (Å²) in [6.07, 6.45) is 7.24. The molecule has 4 rings (SSSR count). The molecule has 3 heteroatoms. The van der Waals surface area contributed by atoms with Crippen molar-refractivity contribution in [2.45, 2.75) is 57.5 Å². The average molecular weight is 278 g/mol. The van der Waals surface area contributed by atoms with E-state index in [2.05, 4.69) is 13.5 Å². The van der Waals surface area contributed by atoms with E-state index in [4.69, 9.17) is 5.11 Å². The van der Waals surface area contributed by atoms with Gasteiger partial charge in [-0.2, -0.15) is 0 Å². The zero-order valence-electron chi connectivity index (χ0n) is 12.3. The predicted octanol–water partition coefficient (Wildman–Crippen LogP) is 3.23. The van der Waals surface area contributed by atoms with E-state index in [-0.39, 0.29) is 0 Å². The Labute approximate surface area is 121 Å². The van der Waals surface area contributed by atoms with Crippen molar-refractivity contribution in [2.75, 3.05) is 0 Å². The van der Waals surface area contributed by atoms with Crippen LogP contribution in [0.1, 0.15) is 51.9 Å². The summed E-state index contributed by atoms with van der Waals surface area (Å²) in [5.41, 5.74) is -0.161. The van der Waals surface area contributed by atoms with Gasteiger partial charge >= 0.3 is 5.97 Å². The Balaban J connectivity index is 1.67. The Morgan fingerprint density at radius 2 is 1.90 bits per heavy atom. The maximum absolute atomic E-state index is 11.1. The van der Waals surface area contributed by atoms with Gasteiger partial charge in [-0.05, 0) is 74.5 Å². The van der Waals surface area contributed by atoms with Crippen molar-refractivity contribution >= 4 is 5.97 Å². The molecule has 0 aromatic rings. The molecule has 112 valence electrons. The molecule has 4 aliphatic carbocycles. The molecule has 0 aromatic carbocycles. The third-order valence-corrected chi connectivity index (χ3v) is 6.17. The summed E-state index contributed by atoms with van der Waals surface area (Å²) >= 11 is 0. The molecule has 20 heavy (non-hydrogen) atoms. The SMILES string of the molecule is C=C(CCC(C)C1C2CC3CC(C2)CC1(O)C3)C(=O)O. The summed E-state index contributed by atoms with van der Waals surface area (Å²) in [7, 11) is 0. The molecule has 0 amide bonds. The van der Waals surface area contributed by atoms with Crippen molar-refractivity contribution in [1.82, 2.24) is 0 Å². The molecule has 0 heterocycles. The molecule has 4 atom stereocenters. The summed E-state index contributed by atoms with van der Waals surface area (Å²) in [4.78, 5) is 10.8. The smallest absolute Gasteiger partial charge is 0.330 e. The third-order valence-electron chi connectivity index (χ3n) is 6.17. The van der Waals surface area contributed by atoms with Crippen molar-refractivity contribution in [3.63, 3.8) is 0 Å². The molecule has 0 aliphatic heterocycles. The molecule has 4 aliphatic rings. The summed E-state index contributed by atoms with van der Waals surface area (Å²) in [5.74, 6) is 2.03. The molecule has 4 fully saturated rings. The number of carboxylic acid groups (broad SMARTS) is 1. The number of hydrogen-bond donors (Lipinski definition) is 2. The summed E-state index contributed by atoms with van der Waals surface area (Å²) in [6.45, 7) is 5.81. The first-order valence-corrected chi connectivity index (χ1v) is 8.02. The highest BCUT2D eigenvalue weighted by molar-refractivity contribution is 5.85. The van der Waals surface area contributed by atoms with Crippen LogP contribution in [0.15, 0.2) is 12.2 Å². The Morgan fingerprint density at radius 3 is 2.40 bits per heavy atom. The van der Waals surface area contributed by atoms with Crippen LogP contribution in [0, 0.1) is 29.6 Å². The standard InChI is InChI=1S/C17H26O3/c1-10(3-4-11(2)16(18)19)15-14-6-12-5-13(7-14)9-17(15,20)8-12/h10,12-15,20H,2-9H2,1H3,(H,18,19). The van der Waals surface area contributed by atoms with Crippen molar-refractivity contribution in [3.05, 3.63) is 12.2 Å². The van der Waals surface area contributed by atoms with Gasteiger partial charge in [0, 0.05) is 5.57 Å². The minimum Gasteiger partial charge on any atom is -0.478 e. The number of carboxylic acids is 1. The van der Waals surface area contributed by atoms with Crippen LogP contribution >= 0.6 is 0 Å². The highest BCUT2D eigenvalue weighted by Gasteiger charge is 2.57. The van der Waals surface area contributed by atoms with Gasteiger partial charge in [0.1, 0.15) is 0 Å². The van der Waals surface area contributed by atoms with E-state index in [1.807, 2.05) is 0 Å². The fourth-order valence-electron chi connectivity index (χ4n) is 5.72. The van der Waals surface area contributed by atoms with Crippen LogP contribution in [0.2, 0.25) is 0 Å². The molecular formula is C17H26O3. The van der Waals surface area contributed by atoms with Crippen LogP contribution < -0.4 is 0 Å². The van der Waals surface area contributed by atoms with Gasteiger partial charge in [0.15, 0.2) is 0 Å². The van der Waals surface area contributed by atoms with Crippen LogP contribution in [0.5, 0.6) is 0 Å². The number of carbonyl (C=O) groups is 1. The fourth-order valence-corrected chi connectivity index (χ4v) is 5.72. The Morgan fingerprint density at radius 1 is 1.30 bits per heavy atom.